The molecule has 1 aliphatic carbocycles. The minimum atomic E-state index is -0.0784. The lowest BCUT2D eigenvalue weighted by Crippen LogP contribution is -2.31. The van der Waals surface area contributed by atoms with Crippen LogP contribution in [0, 0.1) is 0 Å². The first kappa shape index (κ1) is 29.7. The van der Waals surface area contributed by atoms with Gasteiger partial charge in [-0.25, -0.2) is 0 Å². The van der Waals surface area contributed by atoms with Crippen molar-refractivity contribution in [2.45, 2.75) is 43.8 Å². The second-order valence-electron chi connectivity index (χ2n) is 13.3. The Morgan fingerprint density at radius 2 is 1.48 bits per heavy atom. The quantitative estimate of drug-likeness (QED) is 0.111. The van der Waals surface area contributed by atoms with Gasteiger partial charge in [-0.15, -0.1) is 5.10 Å². The number of hydrogen-bond donors (Lipinski definition) is 1. The molecule has 5 aromatic rings. The molecule has 0 amide bonds. The molecule has 48 heavy (non-hydrogen) atoms. The number of anilines is 4. The Morgan fingerprint density at radius 1 is 0.812 bits per heavy atom. The molecule has 0 aromatic heterocycles. The van der Waals surface area contributed by atoms with Gasteiger partial charge in [0.25, 0.3) is 0 Å². The zero-order valence-electron chi connectivity index (χ0n) is 27.4. The molecule has 5 heteroatoms. The van der Waals surface area contributed by atoms with Crippen LogP contribution in [-0.2, 0) is 12.0 Å². The third kappa shape index (κ3) is 5.12. The molecule has 5 nitrogen and oxygen atoms in total. The van der Waals surface area contributed by atoms with Gasteiger partial charge in [0.2, 0.25) is 0 Å². The van der Waals surface area contributed by atoms with Crippen molar-refractivity contribution in [3.63, 3.8) is 0 Å². The monoisotopic (exact) mass is 625 g/mol. The maximum atomic E-state index is 4.55. The third-order valence-corrected chi connectivity index (χ3v) is 10.1. The highest BCUT2D eigenvalue weighted by molar-refractivity contribution is 6.10. The Balaban J connectivity index is 1.19. The number of nitrogens with one attached hydrogen (secondary N) is 1. The zero-order valence-corrected chi connectivity index (χ0v) is 27.4. The van der Waals surface area contributed by atoms with Crippen molar-refractivity contribution in [2.24, 2.45) is 10.2 Å². The van der Waals surface area contributed by atoms with Gasteiger partial charge in [0.1, 0.15) is 0 Å². The van der Waals surface area contributed by atoms with Crippen molar-refractivity contribution in [3.8, 4) is 0 Å². The van der Waals surface area contributed by atoms with E-state index >= 15 is 0 Å². The van der Waals surface area contributed by atoms with E-state index in [9.17, 15) is 0 Å². The molecular weight excluding hydrogens is 587 g/mol. The van der Waals surface area contributed by atoms with Gasteiger partial charge < -0.3 is 15.1 Å². The van der Waals surface area contributed by atoms with Gasteiger partial charge in [0.15, 0.2) is 5.84 Å². The molecule has 3 atom stereocenters. The predicted octanol–water partition coefficient (Wildman–Crippen LogP) is 9.93. The van der Waals surface area contributed by atoms with E-state index in [0.717, 1.165) is 22.8 Å². The number of benzene rings is 5. The summed E-state index contributed by atoms with van der Waals surface area (Å²) >= 11 is 0. The first-order chi connectivity index (χ1) is 23.5. The molecule has 0 radical (unpaired) electrons. The van der Waals surface area contributed by atoms with E-state index in [2.05, 4.69) is 173 Å². The summed E-state index contributed by atoms with van der Waals surface area (Å²) in [6, 6.07) is 45.7. The molecule has 0 spiro atoms. The molecule has 2 aliphatic heterocycles. The van der Waals surface area contributed by atoms with Gasteiger partial charge >= 0.3 is 0 Å². The van der Waals surface area contributed by atoms with Gasteiger partial charge in [0, 0.05) is 52.9 Å². The number of fused-ring (bicyclic) bond motifs is 4. The van der Waals surface area contributed by atoms with E-state index in [-0.39, 0.29) is 23.4 Å². The lowest BCUT2D eigenvalue weighted by atomic mass is 9.77. The molecule has 5 aromatic carbocycles. The minimum Gasteiger partial charge on any atom is -0.377 e. The first-order valence-corrected chi connectivity index (χ1v) is 16.7. The molecule has 0 saturated carbocycles. The largest absolute Gasteiger partial charge is 0.377 e. The highest BCUT2D eigenvalue weighted by atomic mass is 15.3. The van der Waals surface area contributed by atoms with E-state index < -0.39 is 0 Å². The van der Waals surface area contributed by atoms with Crippen LogP contribution < -0.4 is 15.1 Å². The fraction of sp³-hybridized carbons (Fsp3) is 0.163. The molecule has 0 fully saturated rings. The Bertz CT molecular complexity index is 2030. The number of amidine groups is 1. The normalized spacial score (nSPS) is 20.1. The minimum absolute atomic E-state index is 0.0784. The molecule has 3 aliphatic rings. The Kier molecular flexibility index (Phi) is 7.53. The molecule has 2 heterocycles. The van der Waals surface area contributed by atoms with Crippen LogP contribution >= 0.6 is 0 Å². The molecular formula is C43H39N5. The standard InChI is InChI=1S/C43H39N5/c1-43(2)37-28-40-36(27-38(37)45-41(43)31-17-9-5-10-18-31)35-21-13-14-22-39(35)48(40)34-25-23-33(24-26-34)47(29-30-15-7-4-8-16-30)42(46-44-3)32-19-11-6-12-20-32/h4-28,35,39,41,45H,3,29H2,1-2H3/b46-42-. The van der Waals surface area contributed by atoms with Gasteiger partial charge in [-0.3, -0.25) is 0 Å². The van der Waals surface area contributed by atoms with Crippen molar-refractivity contribution in [2.75, 3.05) is 15.1 Å². The van der Waals surface area contributed by atoms with Crippen LogP contribution in [0.1, 0.15) is 53.6 Å². The van der Waals surface area contributed by atoms with Crippen molar-refractivity contribution in [1.29, 1.82) is 0 Å². The highest BCUT2D eigenvalue weighted by Gasteiger charge is 2.44. The molecule has 1 N–H and O–H groups in total. The number of rotatable bonds is 7. The summed E-state index contributed by atoms with van der Waals surface area (Å²) in [5, 5.41) is 12.4. The maximum absolute atomic E-state index is 4.55. The second-order valence-corrected chi connectivity index (χ2v) is 13.3. The second kappa shape index (κ2) is 12.2. The lowest BCUT2D eigenvalue weighted by molar-refractivity contribution is 0.474. The van der Waals surface area contributed by atoms with Crippen LogP contribution in [-0.4, -0.2) is 18.6 Å². The van der Waals surface area contributed by atoms with Gasteiger partial charge in [0.05, 0.1) is 12.1 Å². The van der Waals surface area contributed by atoms with E-state index in [1.807, 2.05) is 24.3 Å². The fourth-order valence-electron chi connectivity index (χ4n) is 7.74. The first-order valence-electron chi connectivity index (χ1n) is 16.7. The van der Waals surface area contributed by atoms with E-state index in [4.69, 9.17) is 0 Å². The van der Waals surface area contributed by atoms with Gasteiger partial charge in [-0.1, -0.05) is 129 Å². The molecule has 0 bridgehead atoms. The summed E-state index contributed by atoms with van der Waals surface area (Å²) < 4.78 is 0. The predicted molar refractivity (Wildman–Crippen MR) is 201 cm³/mol. The van der Waals surface area contributed by atoms with Crippen molar-refractivity contribution < 1.29 is 0 Å². The number of nitrogens with zero attached hydrogens (tertiary/aromatic N) is 4. The Hall–Kier alpha value is -5.68. The third-order valence-electron chi connectivity index (χ3n) is 10.1. The van der Waals surface area contributed by atoms with E-state index in [1.54, 1.807) is 0 Å². The average Bonchev–Trinajstić information content (AvgIpc) is 3.60. The summed E-state index contributed by atoms with van der Waals surface area (Å²) in [7, 11) is 0. The van der Waals surface area contributed by atoms with Crippen LogP contribution in [0.5, 0.6) is 0 Å². The van der Waals surface area contributed by atoms with Crippen molar-refractivity contribution >= 4 is 35.3 Å². The summed E-state index contributed by atoms with van der Waals surface area (Å²) in [6.45, 7) is 9.07. The van der Waals surface area contributed by atoms with Crippen LogP contribution in [0.15, 0.2) is 162 Å². The van der Waals surface area contributed by atoms with Crippen LogP contribution in [0.3, 0.4) is 0 Å². The average molecular weight is 626 g/mol. The summed E-state index contributed by atoms with van der Waals surface area (Å²) in [4.78, 5) is 4.74. The van der Waals surface area contributed by atoms with E-state index in [0.29, 0.717) is 6.54 Å². The van der Waals surface area contributed by atoms with Crippen LogP contribution in [0.4, 0.5) is 22.7 Å². The summed E-state index contributed by atoms with van der Waals surface area (Å²) in [6.07, 6.45) is 9.06. The zero-order chi connectivity index (χ0) is 32.7. The van der Waals surface area contributed by atoms with Crippen LogP contribution in [0.25, 0.3) is 0 Å². The smallest absolute Gasteiger partial charge is 0.163 e. The van der Waals surface area contributed by atoms with Gasteiger partial charge in [-0.05, 0) is 58.7 Å². The van der Waals surface area contributed by atoms with Crippen molar-refractivity contribution in [1.82, 2.24) is 0 Å². The van der Waals surface area contributed by atoms with Crippen molar-refractivity contribution in [3.05, 3.63) is 180 Å². The Morgan fingerprint density at radius 3 is 2.19 bits per heavy atom. The summed E-state index contributed by atoms with van der Waals surface area (Å²) in [5.74, 6) is 1.04. The molecule has 8 rings (SSSR count). The number of allylic oxidation sites excluding steroid dienone is 2. The topological polar surface area (TPSA) is 43.2 Å². The lowest BCUT2D eigenvalue weighted by Gasteiger charge is -2.31. The fourth-order valence-corrected chi connectivity index (χ4v) is 7.74. The SMILES string of the molecule is C=N/N=C(/c1ccccc1)N(Cc1ccccc1)c1ccc(N2c3cc4c(cc3C3C=CC=CC32)NC(c2ccccc2)C4(C)C)cc1. The maximum Gasteiger partial charge on any atom is 0.163 e. The van der Waals surface area contributed by atoms with E-state index in [1.165, 1.54) is 33.6 Å². The summed E-state index contributed by atoms with van der Waals surface area (Å²) in [5.41, 5.74) is 10.8. The van der Waals surface area contributed by atoms with Crippen LogP contribution in [0.2, 0.25) is 0 Å². The molecule has 236 valence electrons. The molecule has 0 saturated heterocycles. The highest BCUT2D eigenvalue weighted by Crippen LogP contribution is 2.55. The number of hydrogen-bond acceptors (Lipinski definition) is 4. The van der Waals surface area contributed by atoms with Gasteiger partial charge in [-0.2, -0.15) is 5.10 Å². The molecule has 3 unspecified atom stereocenters. The Labute approximate surface area is 283 Å².